The first-order chi connectivity index (χ1) is 6.31. The smallest absolute Gasteiger partial charge is 0.156 e. The summed E-state index contributed by atoms with van der Waals surface area (Å²) in [7, 11) is 0. The van der Waals surface area contributed by atoms with E-state index in [-0.39, 0.29) is 0 Å². The largest absolute Gasteiger partial charge is 0.215 e. The Morgan fingerprint density at radius 3 is 3.08 bits per heavy atom. The van der Waals surface area contributed by atoms with Crippen LogP contribution in [0.5, 0.6) is 0 Å². The maximum atomic E-state index is 4.14. The molecule has 0 fully saturated rings. The van der Waals surface area contributed by atoms with Gasteiger partial charge in [-0.3, -0.25) is 0 Å². The van der Waals surface area contributed by atoms with E-state index in [0.717, 1.165) is 23.1 Å². The Kier molecular flexibility index (Phi) is 2.31. The molecule has 68 valence electrons. The van der Waals surface area contributed by atoms with Crippen molar-refractivity contribution in [3.05, 3.63) is 28.6 Å². The molecule has 0 aliphatic carbocycles. The second-order valence-electron chi connectivity index (χ2n) is 2.97. The van der Waals surface area contributed by atoms with Crippen LogP contribution in [0.4, 0.5) is 0 Å². The predicted molar refractivity (Wildman–Crippen MR) is 54.7 cm³/mol. The van der Waals surface area contributed by atoms with Crippen molar-refractivity contribution in [1.82, 2.24) is 14.6 Å². The topological polar surface area (TPSA) is 30.2 Å². The lowest BCUT2D eigenvalue weighted by Gasteiger charge is -2.01. The number of rotatable bonds is 2. The molecule has 0 radical (unpaired) electrons. The fourth-order valence-corrected chi connectivity index (χ4v) is 1.94. The van der Waals surface area contributed by atoms with E-state index in [2.05, 4.69) is 45.1 Å². The summed E-state index contributed by atoms with van der Waals surface area (Å²) in [5, 5.41) is 4.08. The second kappa shape index (κ2) is 3.46. The zero-order valence-electron chi connectivity index (χ0n) is 7.37. The summed E-state index contributed by atoms with van der Waals surface area (Å²) in [5.74, 6) is 0. The summed E-state index contributed by atoms with van der Waals surface area (Å²) in [6.07, 6.45) is 3.80. The Morgan fingerprint density at radius 2 is 2.31 bits per heavy atom. The molecule has 0 bridgehead atoms. The van der Waals surface area contributed by atoms with Crippen LogP contribution in [0.25, 0.3) is 5.65 Å². The minimum atomic E-state index is 0.901. The van der Waals surface area contributed by atoms with Gasteiger partial charge < -0.3 is 0 Å². The van der Waals surface area contributed by atoms with E-state index in [9.17, 15) is 0 Å². The van der Waals surface area contributed by atoms with Gasteiger partial charge in [-0.2, -0.15) is 5.10 Å². The van der Waals surface area contributed by atoms with Crippen molar-refractivity contribution in [1.29, 1.82) is 0 Å². The van der Waals surface area contributed by atoms with E-state index < -0.39 is 0 Å². The lowest BCUT2D eigenvalue weighted by molar-refractivity contribution is 0.891. The molecule has 0 N–H and O–H groups in total. The van der Waals surface area contributed by atoms with Crippen molar-refractivity contribution < 1.29 is 0 Å². The van der Waals surface area contributed by atoms with E-state index >= 15 is 0 Å². The first kappa shape index (κ1) is 8.69. The van der Waals surface area contributed by atoms with Gasteiger partial charge in [0.25, 0.3) is 0 Å². The molecule has 3 nitrogen and oxygen atoms in total. The van der Waals surface area contributed by atoms with Crippen molar-refractivity contribution >= 4 is 21.6 Å². The third-order valence-electron chi connectivity index (χ3n) is 1.93. The van der Waals surface area contributed by atoms with Crippen LogP contribution in [0.1, 0.15) is 18.9 Å². The lowest BCUT2D eigenvalue weighted by atomic mass is 10.1. The Morgan fingerprint density at radius 1 is 1.46 bits per heavy atom. The number of pyridine rings is 1. The van der Waals surface area contributed by atoms with Crippen LogP contribution in [0, 0.1) is 0 Å². The Balaban J connectivity index is 2.56. The van der Waals surface area contributed by atoms with Gasteiger partial charge in [-0.05, 0) is 40.0 Å². The van der Waals surface area contributed by atoms with Crippen molar-refractivity contribution in [3.63, 3.8) is 0 Å². The highest BCUT2D eigenvalue weighted by Crippen LogP contribution is 2.15. The number of aryl methyl sites for hydroxylation is 1. The van der Waals surface area contributed by atoms with Crippen LogP contribution in [0.2, 0.25) is 0 Å². The molecule has 2 aromatic heterocycles. The molecule has 0 aromatic carbocycles. The summed E-state index contributed by atoms with van der Waals surface area (Å²) in [5.41, 5.74) is 2.20. The molecule has 2 heterocycles. The molecule has 0 saturated carbocycles. The van der Waals surface area contributed by atoms with Gasteiger partial charge in [0.2, 0.25) is 0 Å². The number of halogens is 1. The summed E-state index contributed by atoms with van der Waals surface area (Å²) < 4.78 is 2.74. The summed E-state index contributed by atoms with van der Waals surface area (Å²) >= 11 is 3.46. The van der Waals surface area contributed by atoms with E-state index in [1.165, 1.54) is 5.56 Å². The fraction of sp³-hybridized carbons (Fsp3) is 0.333. The molecular formula is C9H10BrN3. The van der Waals surface area contributed by atoms with Crippen molar-refractivity contribution in [2.24, 2.45) is 0 Å². The van der Waals surface area contributed by atoms with Crippen LogP contribution < -0.4 is 0 Å². The van der Waals surface area contributed by atoms with Gasteiger partial charge in [0.1, 0.15) is 10.9 Å². The maximum Gasteiger partial charge on any atom is 0.156 e. The molecule has 0 saturated heterocycles. The third kappa shape index (κ3) is 1.58. The highest BCUT2D eigenvalue weighted by molar-refractivity contribution is 9.10. The molecule has 0 aliphatic heterocycles. The van der Waals surface area contributed by atoms with Gasteiger partial charge in [0.05, 0.1) is 0 Å². The van der Waals surface area contributed by atoms with Gasteiger partial charge in [-0.15, -0.1) is 0 Å². The van der Waals surface area contributed by atoms with E-state index in [0.29, 0.717) is 0 Å². The summed E-state index contributed by atoms with van der Waals surface area (Å²) in [4.78, 5) is 4.14. The Bertz CT molecular complexity index is 422. The minimum Gasteiger partial charge on any atom is -0.215 e. The molecule has 0 atom stereocenters. The molecule has 13 heavy (non-hydrogen) atoms. The highest BCUT2D eigenvalue weighted by Gasteiger charge is 2.02. The van der Waals surface area contributed by atoms with Crippen molar-refractivity contribution in [2.45, 2.75) is 19.8 Å². The average Bonchev–Trinajstić information content (AvgIpc) is 2.53. The van der Waals surface area contributed by atoms with E-state index in [1.54, 1.807) is 10.8 Å². The average molecular weight is 240 g/mol. The fourth-order valence-electron chi connectivity index (χ4n) is 1.37. The third-order valence-corrected chi connectivity index (χ3v) is 2.50. The normalized spacial score (nSPS) is 10.9. The minimum absolute atomic E-state index is 0.901. The first-order valence-electron chi connectivity index (χ1n) is 4.29. The number of nitrogens with zero attached hydrogens (tertiary/aromatic N) is 3. The second-order valence-corrected chi connectivity index (χ2v) is 3.78. The van der Waals surface area contributed by atoms with Gasteiger partial charge in [-0.1, -0.05) is 13.3 Å². The number of fused-ring (bicyclic) bond motifs is 1. The van der Waals surface area contributed by atoms with Crippen LogP contribution >= 0.6 is 15.9 Å². The van der Waals surface area contributed by atoms with Crippen LogP contribution in [-0.4, -0.2) is 14.6 Å². The summed E-state index contributed by atoms with van der Waals surface area (Å²) in [6, 6.07) is 4.16. The monoisotopic (exact) mass is 239 g/mol. The standard InChI is InChI=1S/C9H10BrN3/c1-2-3-7-4-8(10)13-9(5-7)11-6-12-13/h4-6H,2-3H2,1H3. The molecule has 4 heteroatoms. The summed E-state index contributed by atoms with van der Waals surface area (Å²) in [6.45, 7) is 2.17. The number of hydrogen-bond donors (Lipinski definition) is 0. The first-order valence-corrected chi connectivity index (χ1v) is 5.08. The van der Waals surface area contributed by atoms with Gasteiger partial charge in [0.15, 0.2) is 5.65 Å². The van der Waals surface area contributed by atoms with E-state index in [1.807, 2.05) is 0 Å². The van der Waals surface area contributed by atoms with Crippen LogP contribution in [0.15, 0.2) is 23.1 Å². The Labute approximate surface area is 84.9 Å². The van der Waals surface area contributed by atoms with Crippen LogP contribution in [0.3, 0.4) is 0 Å². The molecular weight excluding hydrogens is 230 g/mol. The molecule has 0 amide bonds. The molecule has 0 spiro atoms. The van der Waals surface area contributed by atoms with E-state index in [4.69, 9.17) is 0 Å². The lowest BCUT2D eigenvalue weighted by Crippen LogP contribution is -1.93. The molecule has 0 aliphatic rings. The van der Waals surface area contributed by atoms with Crippen LogP contribution in [-0.2, 0) is 6.42 Å². The zero-order chi connectivity index (χ0) is 9.26. The Hall–Kier alpha value is -0.900. The number of aromatic nitrogens is 3. The predicted octanol–water partition coefficient (Wildman–Crippen LogP) is 2.44. The zero-order valence-corrected chi connectivity index (χ0v) is 8.95. The SMILES string of the molecule is CCCc1cc(Br)n2ncnc2c1. The van der Waals surface area contributed by atoms with Gasteiger partial charge >= 0.3 is 0 Å². The molecule has 0 unspecified atom stereocenters. The van der Waals surface area contributed by atoms with Gasteiger partial charge in [0, 0.05) is 0 Å². The molecule has 2 aromatic rings. The van der Waals surface area contributed by atoms with Gasteiger partial charge in [-0.25, -0.2) is 9.50 Å². The highest BCUT2D eigenvalue weighted by atomic mass is 79.9. The maximum absolute atomic E-state index is 4.14. The number of hydrogen-bond acceptors (Lipinski definition) is 2. The van der Waals surface area contributed by atoms with Crippen molar-refractivity contribution in [3.8, 4) is 0 Å². The molecule has 2 rings (SSSR count). The quantitative estimate of drug-likeness (QED) is 0.754. The van der Waals surface area contributed by atoms with Crippen molar-refractivity contribution in [2.75, 3.05) is 0 Å².